The van der Waals surface area contributed by atoms with Gasteiger partial charge in [-0.05, 0) is 48.1 Å². The molecule has 1 amide bonds. The van der Waals surface area contributed by atoms with Gasteiger partial charge in [-0.1, -0.05) is 85.3 Å². The molecular formula is C33H33N3O2. The minimum absolute atomic E-state index is 0.0539. The summed E-state index contributed by atoms with van der Waals surface area (Å²) in [5, 5.41) is 5.29. The van der Waals surface area contributed by atoms with Gasteiger partial charge in [0.15, 0.2) is 0 Å². The van der Waals surface area contributed by atoms with Crippen molar-refractivity contribution in [2.24, 2.45) is 0 Å². The van der Waals surface area contributed by atoms with Crippen LogP contribution in [0.5, 0.6) is 5.75 Å². The number of imidazole rings is 1. The number of hydrogen-bond acceptors (Lipinski definition) is 3. The smallest absolute Gasteiger partial charge is 0.243 e. The minimum Gasteiger partial charge on any atom is -0.491 e. The largest absolute Gasteiger partial charge is 0.491 e. The van der Waals surface area contributed by atoms with Crippen LogP contribution in [0.25, 0.3) is 27.9 Å². The van der Waals surface area contributed by atoms with Crippen LogP contribution in [0.1, 0.15) is 30.7 Å². The van der Waals surface area contributed by atoms with E-state index in [9.17, 15) is 4.79 Å². The molecule has 0 radical (unpaired) electrons. The van der Waals surface area contributed by atoms with E-state index < -0.39 is 0 Å². The highest BCUT2D eigenvalue weighted by molar-refractivity contribution is 5.91. The van der Waals surface area contributed by atoms with Gasteiger partial charge in [0.25, 0.3) is 0 Å². The maximum absolute atomic E-state index is 12.1. The number of benzene rings is 4. The van der Waals surface area contributed by atoms with Gasteiger partial charge in [0.1, 0.15) is 18.2 Å². The highest BCUT2D eigenvalue weighted by Gasteiger charge is 2.11. The lowest BCUT2D eigenvalue weighted by Gasteiger charge is -2.12. The summed E-state index contributed by atoms with van der Waals surface area (Å²) in [6.07, 6.45) is 7.31. The lowest BCUT2D eigenvalue weighted by Crippen LogP contribution is -2.22. The fourth-order valence-electron chi connectivity index (χ4n) is 4.73. The topological polar surface area (TPSA) is 56.2 Å². The molecule has 5 rings (SSSR count). The van der Waals surface area contributed by atoms with Gasteiger partial charge in [-0.3, -0.25) is 4.79 Å². The molecule has 5 nitrogen and oxygen atoms in total. The Morgan fingerprint density at radius 1 is 0.842 bits per heavy atom. The van der Waals surface area contributed by atoms with E-state index in [1.165, 1.54) is 5.39 Å². The number of amides is 1. The summed E-state index contributed by atoms with van der Waals surface area (Å²) in [6, 6.07) is 32.6. The fraction of sp³-hybridized carbons (Fsp3) is 0.212. The predicted molar refractivity (Wildman–Crippen MR) is 155 cm³/mol. The first-order valence-corrected chi connectivity index (χ1v) is 13.3. The van der Waals surface area contributed by atoms with Crippen LogP contribution in [-0.2, 0) is 17.8 Å². The van der Waals surface area contributed by atoms with Gasteiger partial charge in [-0.2, -0.15) is 0 Å². The summed E-state index contributed by atoms with van der Waals surface area (Å²) in [5.74, 6) is 1.94. The minimum atomic E-state index is -0.0539. The standard InChI is InChI=1S/C33H33N3O2/c37-33(22-21-26-12-3-1-4-13-26)34-23-10-2-5-20-32-35-29-17-8-9-18-30(29)36(32)24-25-38-31-19-11-15-27-14-6-7-16-28(27)31/h1,3-4,6-9,11-19,21-22H,2,5,10,20,23-25H2,(H,34,37)/b22-21+. The molecule has 38 heavy (non-hydrogen) atoms. The molecule has 0 aliphatic carbocycles. The number of aryl methyl sites for hydroxylation is 1. The summed E-state index contributed by atoms with van der Waals surface area (Å²) in [7, 11) is 0. The third-order valence-corrected chi connectivity index (χ3v) is 6.66. The van der Waals surface area contributed by atoms with Crippen molar-refractivity contribution in [2.75, 3.05) is 13.2 Å². The molecule has 0 atom stereocenters. The molecule has 0 bridgehead atoms. The van der Waals surface area contributed by atoms with E-state index in [1.54, 1.807) is 6.08 Å². The van der Waals surface area contributed by atoms with Gasteiger partial charge < -0.3 is 14.6 Å². The van der Waals surface area contributed by atoms with Crippen LogP contribution >= 0.6 is 0 Å². The zero-order valence-corrected chi connectivity index (χ0v) is 21.6. The molecule has 0 saturated carbocycles. The molecule has 5 heteroatoms. The first-order valence-electron chi connectivity index (χ1n) is 13.3. The second-order valence-corrected chi connectivity index (χ2v) is 9.34. The maximum Gasteiger partial charge on any atom is 0.243 e. The number of rotatable bonds is 12. The molecule has 0 aliphatic heterocycles. The van der Waals surface area contributed by atoms with Gasteiger partial charge in [0, 0.05) is 24.4 Å². The first-order chi connectivity index (χ1) is 18.8. The highest BCUT2D eigenvalue weighted by Crippen LogP contribution is 2.25. The van der Waals surface area contributed by atoms with E-state index in [4.69, 9.17) is 9.72 Å². The summed E-state index contributed by atoms with van der Waals surface area (Å²) >= 11 is 0. The molecule has 1 heterocycles. The van der Waals surface area contributed by atoms with Crippen LogP contribution in [0, 0.1) is 0 Å². The van der Waals surface area contributed by atoms with Crippen molar-refractivity contribution in [3.05, 3.63) is 115 Å². The molecule has 4 aromatic carbocycles. The van der Waals surface area contributed by atoms with Crippen LogP contribution in [-0.4, -0.2) is 28.6 Å². The average Bonchev–Trinajstić information content (AvgIpc) is 3.31. The second-order valence-electron chi connectivity index (χ2n) is 9.34. The van der Waals surface area contributed by atoms with Crippen molar-refractivity contribution in [3.8, 4) is 5.75 Å². The molecule has 0 fully saturated rings. The second kappa shape index (κ2) is 12.7. The van der Waals surface area contributed by atoms with Crippen molar-refractivity contribution in [2.45, 2.75) is 32.2 Å². The number of ether oxygens (including phenoxy) is 1. The number of aromatic nitrogens is 2. The lowest BCUT2D eigenvalue weighted by molar-refractivity contribution is -0.116. The Labute approximate surface area is 223 Å². The number of unbranched alkanes of at least 4 members (excludes halogenated alkanes) is 2. The molecule has 1 aromatic heterocycles. The normalized spacial score (nSPS) is 11.4. The Hall–Kier alpha value is -4.38. The zero-order chi connectivity index (χ0) is 26.0. The average molecular weight is 504 g/mol. The van der Waals surface area contributed by atoms with Gasteiger partial charge >= 0.3 is 0 Å². The Balaban J connectivity index is 1.12. The van der Waals surface area contributed by atoms with Crippen molar-refractivity contribution < 1.29 is 9.53 Å². The fourth-order valence-corrected chi connectivity index (χ4v) is 4.73. The predicted octanol–water partition coefficient (Wildman–Crippen LogP) is 6.81. The van der Waals surface area contributed by atoms with Crippen LogP contribution in [0.4, 0.5) is 0 Å². The molecule has 5 aromatic rings. The van der Waals surface area contributed by atoms with E-state index >= 15 is 0 Å². The molecule has 192 valence electrons. The van der Waals surface area contributed by atoms with Gasteiger partial charge in [0.05, 0.1) is 17.6 Å². The van der Waals surface area contributed by atoms with Crippen LogP contribution in [0.3, 0.4) is 0 Å². The maximum atomic E-state index is 12.1. The Morgan fingerprint density at radius 3 is 2.55 bits per heavy atom. The third kappa shape index (κ3) is 6.48. The summed E-state index contributed by atoms with van der Waals surface area (Å²) in [5.41, 5.74) is 3.18. The van der Waals surface area contributed by atoms with Crippen LogP contribution < -0.4 is 10.1 Å². The molecular weight excluding hydrogens is 470 g/mol. The molecule has 0 unspecified atom stereocenters. The van der Waals surface area contributed by atoms with Crippen LogP contribution in [0.15, 0.2) is 103 Å². The number of carbonyl (C=O) groups is 1. The van der Waals surface area contributed by atoms with E-state index in [2.05, 4.69) is 46.3 Å². The first kappa shape index (κ1) is 25.3. The zero-order valence-electron chi connectivity index (χ0n) is 21.6. The summed E-state index contributed by atoms with van der Waals surface area (Å²) < 4.78 is 8.52. The summed E-state index contributed by atoms with van der Waals surface area (Å²) in [6.45, 7) is 1.99. The van der Waals surface area contributed by atoms with Gasteiger partial charge in [-0.25, -0.2) is 4.98 Å². The quantitative estimate of drug-likeness (QED) is 0.150. The number of carbonyl (C=O) groups excluding carboxylic acids is 1. The SMILES string of the molecule is O=C(/C=C/c1ccccc1)NCCCCCc1nc2ccccc2n1CCOc1cccc2ccccc12. The van der Waals surface area contributed by atoms with Gasteiger partial charge in [-0.15, -0.1) is 0 Å². The monoisotopic (exact) mass is 503 g/mol. The third-order valence-electron chi connectivity index (χ3n) is 6.66. The number of fused-ring (bicyclic) bond motifs is 2. The highest BCUT2D eigenvalue weighted by atomic mass is 16.5. The molecule has 0 aliphatic rings. The Morgan fingerprint density at radius 2 is 1.63 bits per heavy atom. The number of para-hydroxylation sites is 2. The number of nitrogens with zero attached hydrogens (tertiary/aromatic N) is 2. The van der Waals surface area contributed by atoms with E-state index in [0.29, 0.717) is 13.2 Å². The summed E-state index contributed by atoms with van der Waals surface area (Å²) in [4.78, 5) is 17.0. The van der Waals surface area contributed by atoms with Crippen molar-refractivity contribution in [1.82, 2.24) is 14.9 Å². The van der Waals surface area contributed by atoms with Crippen molar-refractivity contribution >= 4 is 33.8 Å². The molecule has 1 N–H and O–H groups in total. The van der Waals surface area contributed by atoms with Crippen molar-refractivity contribution in [3.63, 3.8) is 0 Å². The molecule has 0 spiro atoms. The van der Waals surface area contributed by atoms with E-state index in [1.807, 2.05) is 66.7 Å². The number of hydrogen-bond donors (Lipinski definition) is 1. The lowest BCUT2D eigenvalue weighted by atomic mass is 10.1. The molecule has 0 saturated heterocycles. The van der Waals surface area contributed by atoms with Gasteiger partial charge in [0.2, 0.25) is 5.91 Å². The van der Waals surface area contributed by atoms with Crippen molar-refractivity contribution in [1.29, 1.82) is 0 Å². The van der Waals surface area contributed by atoms with Crippen LogP contribution in [0.2, 0.25) is 0 Å². The Kier molecular flexibility index (Phi) is 8.47. The number of nitrogens with one attached hydrogen (secondary N) is 1. The Bertz CT molecular complexity index is 1520. The van der Waals surface area contributed by atoms with E-state index in [0.717, 1.165) is 65.8 Å². The van der Waals surface area contributed by atoms with E-state index in [-0.39, 0.29) is 5.91 Å².